The highest BCUT2D eigenvalue weighted by Gasteiger charge is 2.14. The van der Waals surface area contributed by atoms with Gasteiger partial charge < -0.3 is 13.7 Å². The van der Waals surface area contributed by atoms with Gasteiger partial charge in [0, 0.05) is 12.1 Å². The van der Waals surface area contributed by atoms with Crippen molar-refractivity contribution in [2.75, 3.05) is 7.11 Å². The van der Waals surface area contributed by atoms with Gasteiger partial charge in [0.1, 0.15) is 5.75 Å². The van der Waals surface area contributed by atoms with Crippen molar-refractivity contribution in [2.24, 2.45) is 0 Å². The van der Waals surface area contributed by atoms with Crippen LogP contribution in [0, 0.1) is 0 Å². The Morgan fingerprint density at radius 3 is 2.50 bits per heavy atom. The van der Waals surface area contributed by atoms with Crippen molar-refractivity contribution < 1.29 is 9.15 Å². The summed E-state index contributed by atoms with van der Waals surface area (Å²) < 4.78 is 13.2. The van der Waals surface area contributed by atoms with E-state index in [1.54, 1.807) is 18.9 Å². The highest BCUT2D eigenvalue weighted by Crippen LogP contribution is 2.29. The lowest BCUT2D eigenvalue weighted by Gasteiger charge is -2.08. The molecule has 0 fully saturated rings. The molecule has 0 aliphatic carbocycles. The van der Waals surface area contributed by atoms with Crippen molar-refractivity contribution in [1.82, 2.24) is 19.7 Å². The van der Waals surface area contributed by atoms with Gasteiger partial charge in [0.2, 0.25) is 11.8 Å². The molecule has 7 heteroatoms. The monoisotopic (exact) mass is 392 g/mol. The van der Waals surface area contributed by atoms with Crippen LogP contribution in [-0.2, 0) is 12.3 Å². The third-order valence-electron chi connectivity index (χ3n) is 4.33. The maximum Gasteiger partial charge on any atom is 0.247 e. The van der Waals surface area contributed by atoms with E-state index in [-0.39, 0.29) is 0 Å². The maximum atomic E-state index is 5.81. The standard InChI is InChI=1S/C21H20N4O2S/c1-3-25-18(15-7-5-4-6-8-15)13-22-21(25)28-14-19-23-24-20(27-19)16-9-11-17(26-2)12-10-16/h4-13H,3,14H2,1-2H3. The first-order chi connectivity index (χ1) is 13.8. The minimum atomic E-state index is 0.502. The number of thioether (sulfide) groups is 1. The minimum absolute atomic E-state index is 0.502. The Kier molecular flexibility index (Phi) is 5.43. The normalized spacial score (nSPS) is 10.9. The number of benzene rings is 2. The summed E-state index contributed by atoms with van der Waals surface area (Å²) >= 11 is 1.59. The van der Waals surface area contributed by atoms with Crippen molar-refractivity contribution in [2.45, 2.75) is 24.4 Å². The van der Waals surface area contributed by atoms with E-state index in [4.69, 9.17) is 9.15 Å². The highest BCUT2D eigenvalue weighted by molar-refractivity contribution is 7.98. The van der Waals surface area contributed by atoms with E-state index in [0.717, 1.165) is 34.3 Å². The molecule has 0 atom stereocenters. The average molecular weight is 392 g/mol. The Bertz CT molecular complexity index is 1040. The summed E-state index contributed by atoms with van der Waals surface area (Å²) in [6.45, 7) is 2.96. The number of ether oxygens (including phenoxy) is 1. The van der Waals surface area contributed by atoms with Crippen LogP contribution in [0.3, 0.4) is 0 Å². The number of rotatable bonds is 7. The van der Waals surface area contributed by atoms with Gasteiger partial charge in [0.25, 0.3) is 0 Å². The zero-order valence-electron chi connectivity index (χ0n) is 15.7. The molecule has 4 aromatic rings. The minimum Gasteiger partial charge on any atom is -0.497 e. The molecular weight excluding hydrogens is 372 g/mol. The van der Waals surface area contributed by atoms with Crippen LogP contribution in [0.25, 0.3) is 22.7 Å². The predicted octanol–water partition coefficient (Wildman–Crippen LogP) is 4.92. The van der Waals surface area contributed by atoms with E-state index in [0.29, 0.717) is 17.5 Å². The second-order valence-electron chi connectivity index (χ2n) is 6.05. The lowest BCUT2D eigenvalue weighted by molar-refractivity contribution is 0.415. The van der Waals surface area contributed by atoms with E-state index < -0.39 is 0 Å². The molecule has 0 N–H and O–H groups in total. The largest absolute Gasteiger partial charge is 0.497 e. The molecule has 0 radical (unpaired) electrons. The van der Waals surface area contributed by atoms with Crippen molar-refractivity contribution in [1.29, 1.82) is 0 Å². The van der Waals surface area contributed by atoms with Gasteiger partial charge in [0.05, 0.1) is 24.8 Å². The van der Waals surface area contributed by atoms with Crippen LogP contribution in [0.1, 0.15) is 12.8 Å². The number of hydrogen-bond donors (Lipinski definition) is 0. The van der Waals surface area contributed by atoms with Gasteiger partial charge in [-0.05, 0) is 36.8 Å². The zero-order valence-corrected chi connectivity index (χ0v) is 16.5. The first-order valence-corrected chi connectivity index (χ1v) is 9.97. The van der Waals surface area contributed by atoms with Crippen molar-refractivity contribution >= 4 is 11.8 Å². The van der Waals surface area contributed by atoms with Crippen molar-refractivity contribution in [3.05, 3.63) is 66.7 Å². The van der Waals surface area contributed by atoms with Crippen LogP contribution >= 0.6 is 11.8 Å². The number of aromatic nitrogens is 4. The summed E-state index contributed by atoms with van der Waals surface area (Å²) in [7, 11) is 1.64. The van der Waals surface area contributed by atoms with Gasteiger partial charge in [-0.15, -0.1) is 10.2 Å². The van der Waals surface area contributed by atoms with Crippen LogP contribution in [-0.4, -0.2) is 26.9 Å². The summed E-state index contributed by atoms with van der Waals surface area (Å²) in [6, 6.07) is 17.8. The molecule has 0 bridgehead atoms. The lowest BCUT2D eigenvalue weighted by Crippen LogP contribution is -1.99. The average Bonchev–Trinajstić information content (AvgIpc) is 3.39. The van der Waals surface area contributed by atoms with Gasteiger partial charge >= 0.3 is 0 Å². The smallest absolute Gasteiger partial charge is 0.247 e. The van der Waals surface area contributed by atoms with Gasteiger partial charge in [-0.25, -0.2) is 4.98 Å². The molecule has 2 aromatic heterocycles. The Morgan fingerprint density at radius 1 is 1.00 bits per heavy atom. The summed E-state index contributed by atoms with van der Waals surface area (Å²) in [4.78, 5) is 4.58. The summed E-state index contributed by atoms with van der Waals surface area (Å²) in [5.41, 5.74) is 3.13. The molecule has 2 aromatic carbocycles. The molecule has 28 heavy (non-hydrogen) atoms. The number of imidazole rings is 1. The van der Waals surface area contributed by atoms with Gasteiger partial charge in [0.15, 0.2) is 5.16 Å². The Hall–Kier alpha value is -3.06. The molecule has 0 spiro atoms. The molecule has 0 aliphatic heterocycles. The van der Waals surface area contributed by atoms with E-state index in [1.165, 1.54) is 0 Å². The summed E-state index contributed by atoms with van der Waals surface area (Å²) in [5, 5.41) is 9.25. The predicted molar refractivity (Wildman–Crippen MR) is 109 cm³/mol. The van der Waals surface area contributed by atoms with Crippen molar-refractivity contribution in [3.8, 4) is 28.5 Å². The Balaban J connectivity index is 1.48. The van der Waals surface area contributed by atoms with Crippen LogP contribution in [0.2, 0.25) is 0 Å². The molecular formula is C21H20N4O2S. The lowest BCUT2D eigenvalue weighted by atomic mass is 10.2. The van der Waals surface area contributed by atoms with E-state index in [2.05, 4.69) is 38.8 Å². The van der Waals surface area contributed by atoms with Crippen LogP contribution in [0.4, 0.5) is 0 Å². The van der Waals surface area contributed by atoms with Gasteiger partial charge in [-0.3, -0.25) is 0 Å². The molecule has 6 nitrogen and oxygen atoms in total. The fraction of sp³-hybridized carbons (Fsp3) is 0.190. The second kappa shape index (κ2) is 8.31. The third kappa shape index (κ3) is 3.80. The number of nitrogens with zero attached hydrogens (tertiary/aromatic N) is 4. The zero-order chi connectivity index (χ0) is 19.3. The Morgan fingerprint density at radius 2 is 1.79 bits per heavy atom. The molecule has 0 aliphatic rings. The highest BCUT2D eigenvalue weighted by atomic mass is 32.2. The van der Waals surface area contributed by atoms with Crippen LogP contribution in [0.15, 0.2) is 70.4 Å². The Labute approximate surface area is 167 Å². The topological polar surface area (TPSA) is 66.0 Å². The molecule has 0 saturated heterocycles. The first-order valence-electron chi connectivity index (χ1n) is 8.99. The molecule has 0 saturated carbocycles. The van der Waals surface area contributed by atoms with Gasteiger partial charge in [-0.1, -0.05) is 42.1 Å². The number of hydrogen-bond acceptors (Lipinski definition) is 6. The molecule has 142 valence electrons. The maximum absolute atomic E-state index is 5.81. The number of methoxy groups -OCH3 is 1. The SMILES string of the molecule is CCn1c(-c2ccccc2)cnc1SCc1nnc(-c2ccc(OC)cc2)o1. The van der Waals surface area contributed by atoms with Gasteiger partial charge in [-0.2, -0.15) is 0 Å². The quantitative estimate of drug-likeness (QED) is 0.416. The molecule has 0 unspecified atom stereocenters. The fourth-order valence-electron chi connectivity index (χ4n) is 2.91. The second-order valence-corrected chi connectivity index (χ2v) is 7.00. The third-order valence-corrected chi connectivity index (χ3v) is 5.31. The van der Waals surface area contributed by atoms with Crippen molar-refractivity contribution in [3.63, 3.8) is 0 Å². The molecule has 2 heterocycles. The fourth-order valence-corrected chi connectivity index (χ4v) is 3.79. The van der Waals surface area contributed by atoms with E-state index >= 15 is 0 Å². The van der Waals surface area contributed by atoms with Crippen LogP contribution < -0.4 is 4.74 Å². The summed E-state index contributed by atoms with van der Waals surface area (Å²) in [5.74, 6) is 2.43. The first kappa shape index (κ1) is 18.3. The molecule has 4 rings (SSSR count). The van der Waals surface area contributed by atoms with Crippen LogP contribution in [0.5, 0.6) is 5.75 Å². The molecule has 0 amide bonds. The van der Waals surface area contributed by atoms with E-state index in [1.807, 2.05) is 48.7 Å². The summed E-state index contributed by atoms with van der Waals surface area (Å²) in [6.07, 6.45) is 1.91. The van der Waals surface area contributed by atoms with E-state index in [9.17, 15) is 0 Å².